The molecule has 3 aliphatic rings. The predicted octanol–water partition coefficient (Wildman–Crippen LogP) is 10.1. The van der Waals surface area contributed by atoms with Crippen LogP contribution in [0.5, 0.6) is 23.3 Å². The molecule has 3 N–H and O–H groups in total. The molecule has 65 heavy (non-hydrogen) atoms. The van der Waals surface area contributed by atoms with Crippen LogP contribution in [0, 0.1) is 11.6 Å². The van der Waals surface area contributed by atoms with Gasteiger partial charge in [0.2, 0.25) is 23.6 Å². The highest BCUT2D eigenvalue weighted by Crippen LogP contribution is 2.31. The van der Waals surface area contributed by atoms with E-state index in [1.165, 1.54) is 0 Å². The summed E-state index contributed by atoms with van der Waals surface area (Å²) in [5, 5.41) is 9.04. The Morgan fingerprint density at radius 2 is 1.20 bits per heavy atom. The number of pyridine rings is 2. The number of benzene rings is 2. The monoisotopic (exact) mass is 950 g/mol. The number of unbranched alkanes of at least 4 members (excludes halogenated alkanes) is 1. The van der Waals surface area contributed by atoms with E-state index in [9.17, 15) is 28.0 Å². The van der Waals surface area contributed by atoms with E-state index >= 15 is 0 Å². The van der Waals surface area contributed by atoms with Crippen LogP contribution in [0.15, 0.2) is 82.8 Å². The number of likely N-dealkylation sites (tertiary alicyclic amines) is 1. The molecule has 2 aliphatic carbocycles. The van der Waals surface area contributed by atoms with Gasteiger partial charge in [0.25, 0.3) is 11.8 Å². The minimum atomic E-state index is -0.606. The number of nitrogens with zero attached hydrogens (tertiary/aromatic N) is 3. The summed E-state index contributed by atoms with van der Waals surface area (Å²) in [5.41, 5.74) is 0.132. The molecule has 1 aliphatic heterocycles. The summed E-state index contributed by atoms with van der Waals surface area (Å²) >= 11 is 8.79. The molecule has 1 saturated heterocycles. The molecule has 0 radical (unpaired) electrons. The number of ether oxygens (including phenoxy) is 2. The zero-order chi connectivity index (χ0) is 46.1. The molecule has 17 heteroatoms. The summed E-state index contributed by atoms with van der Waals surface area (Å²) in [6.45, 7) is 0.841. The number of hydrogen-bond donors (Lipinski definition) is 3. The lowest BCUT2D eigenvalue weighted by Crippen LogP contribution is -2.47. The van der Waals surface area contributed by atoms with Gasteiger partial charge in [-0.05, 0) is 138 Å². The molecular formula is C48H57ClF2N6O6S2. The number of carbonyl (C=O) groups is 4. The van der Waals surface area contributed by atoms with Crippen LogP contribution in [-0.2, 0) is 9.59 Å². The number of nitrogens with one attached hydrogen (secondary N) is 3. The van der Waals surface area contributed by atoms with Crippen molar-refractivity contribution < 1.29 is 37.4 Å². The molecule has 2 saturated carbocycles. The molecule has 0 unspecified atom stereocenters. The van der Waals surface area contributed by atoms with Crippen molar-refractivity contribution in [3.63, 3.8) is 0 Å². The van der Waals surface area contributed by atoms with Crippen molar-refractivity contribution in [2.45, 2.75) is 124 Å². The Balaban J connectivity index is 0.000000215. The van der Waals surface area contributed by atoms with Crippen molar-refractivity contribution in [1.29, 1.82) is 0 Å². The highest BCUT2D eigenvalue weighted by atomic mass is 35.5. The third-order valence-corrected chi connectivity index (χ3v) is 13.4. The smallest absolute Gasteiger partial charge is 0.257 e. The molecule has 2 aromatic heterocycles. The first kappa shape index (κ1) is 49.5. The van der Waals surface area contributed by atoms with E-state index in [0.717, 1.165) is 118 Å². The van der Waals surface area contributed by atoms with Crippen LogP contribution >= 0.6 is 35.1 Å². The fourth-order valence-corrected chi connectivity index (χ4v) is 9.31. The Bertz CT molecular complexity index is 2240. The average Bonchev–Trinajstić information content (AvgIpc) is 3.31. The second-order valence-electron chi connectivity index (χ2n) is 16.3. The topological polar surface area (TPSA) is 152 Å². The zero-order valence-electron chi connectivity index (χ0n) is 36.8. The van der Waals surface area contributed by atoms with Crippen LogP contribution < -0.4 is 25.4 Å². The molecule has 3 fully saturated rings. The molecule has 2 aromatic carbocycles. The van der Waals surface area contributed by atoms with E-state index in [-0.39, 0.29) is 58.9 Å². The van der Waals surface area contributed by atoms with Gasteiger partial charge in [-0.2, -0.15) is 0 Å². The van der Waals surface area contributed by atoms with Crippen molar-refractivity contribution in [3.8, 4) is 23.3 Å². The number of hydrogen-bond acceptors (Lipinski definition) is 10. The summed E-state index contributed by atoms with van der Waals surface area (Å²) in [6, 6.07) is 17.4. The predicted molar refractivity (Wildman–Crippen MR) is 250 cm³/mol. The molecule has 0 atom stereocenters. The van der Waals surface area contributed by atoms with Gasteiger partial charge in [0.05, 0.1) is 12.4 Å². The fraction of sp³-hybridized carbons (Fsp3) is 0.458. The summed E-state index contributed by atoms with van der Waals surface area (Å²) in [7, 11) is 0. The lowest BCUT2D eigenvalue weighted by atomic mass is 9.89. The van der Waals surface area contributed by atoms with Crippen molar-refractivity contribution in [2.75, 3.05) is 24.9 Å². The summed E-state index contributed by atoms with van der Waals surface area (Å²) in [5.74, 6) is 0.0489. The maximum absolute atomic E-state index is 13.9. The normalized spacial score (nSPS) is 19.6. The minimum absolute atomic E-state index is 0.0189. The Labute approximate surface area is 393 Å². The summed E-state index contributed by atoms with van der Waals surface area (Å²) < 4.78 is 39.4. The maximum Gasteiger partial charge on any atom is 0.257 e. The number of aromatic nitrogens is 2. The first-order chi connectivity index (χ1) is 31.5. The molecule has 7 rings (SSSR count). The van der Waals surface area contributed by atoms with Gasteiger partial charge in [0.15, 0.2) is 0 Å². The molecule has 0 bridgehead atoms. The quantitative estimate of drug-likeness (QED) is 0.0562. The number of carbonyl (C=O) groups excluding carboxylic acids is 4. The van der Waals surface area contributed by atoms with Gasteiger partial charge in [-0.25, -0.2) is 18.7 Å². The van der Waals surface area contributed by atoms with Gasteiger partial charge in [0.1, 0.15) is 34.3 Å². The van der Waals surface area contributed by atoms with Gasteiger partial charge >= 0.3 is 0 Å². The van der Waals surface area contributed by atoms with Crippen molar-refractivity contribution in [2.24, 2.45) is 0 Å². The molecule has 3 heterocycles. The average molecular weight is 952 g/mol. The maximum atomic E-state index is 13.9. The second kappa shape index (κ2) is 25.1. The zero-order valence-corrected chi connectivity index (χ0v) is 39.2. The number of rotatable bonds is 16. The van der Waals surface area contributed by atoms with E-state index in [1.807, 2.05) is 53.8 Å². The van der Waals surface area contributed by atoms with E-state index in [4.69, 9.17) is 21.1 Å². The SMILES string of the molecule is CSc1cccc(Oc2ncc(F)cc2C(=O)NC2CCC(N3CCCCC3=O)CC2)c1.CSc1cccc(Oc2ncc(F)cc2C(=O)NC2CCC(NC(=O)CCCCCl)CC2)c1. The van der Waals surface area contributed by atoms with Crippen molar-refractivity contribution in [3.05, 3.63) is 95.8 Å². The second-order valence-corrected chi connectivity index (χ2v) is 18.5. The van der Waals surface area contributed by atoms with Crippen molar-refractivity contribution in [1.82, 2.24) is 30.8 Å². The lowest BCUT2D eigenvalue weighted by molar-refractivity contribution is -0.136. The molecule has 348 valence electrons. The Morgan fingerprint density at radius 1 is 0.708 bits per heavy atom. The van der Waals surface area contributed by atoms with Crippen molar-refractivity contribution >= 4 is 58.8 Å². The lowest BCUT2D eigenvalue weighted by Gasteiger charge is -2.39. The standard InChI is InChI=1S/C24H29ClFN3O3S.C24H28FN3O3S/c1-33-20-6-4-5-19(14-20)32-24-21(13-16(26)15-27-24)23(31)29-18-10-8-17(9-11-18)28-22(30)7-2-3-12-25;1-32-20-6-4-5-19(14-20)31-24-21(13-16(25)15-26-24)23(30)27-17-8-10-18(11-9-17)28-12-3-2-7-22(28)29/h4-6,13-15,17-18H,2-3,7-12H2,1H3,(H,28,30)(H,29,31);4-6,13-15,17-18H,2-3,7-12H2,1H3,(H,27,30). The van der Waals surface area contributed by atoms with E-state index in [0.29, 0.717) is 30.2 Å². The van der Waals surface area contributed by atoms with Crippen LogP contribution in [-0.4, -0.2) is 87.6 Å². The molecule has 0 spiro atoms. The largest absolute Gasteiger partial charge is 0.438 e. The number of halogens is 3. The fourth-order valence-electron chi connectivity index (χ4n) is 8.23. The molecule has 4 aromatic rings. The number of thioether (sulfide) groups is 2. The summed E-state index contributed by atoms with van der Waals surface area (Å²) in [4.78, 5) is 62.1. The van der Waals surface area contributed by atoms with Gasteiger partial charge in [-0.15, -0.1) is 35.1 Å². The van der Waals surface area contributed by atoms with Crippen LogP contribution in [0.2, 0.25) is 0 Å². The number of alkyl halides is 1. The first-order valence-electron chi connectivity index (χ1n) is 22.2. The molecule has 12 nitrogen and oxygen atoms in total. The molecule has 4 amide bonds. The van der Waals surface area contributed by atoms with Gasteiger partial charge in [0, 0.05) is 59.2 Å². The van der Waals surface area contributed by atoms with E-state index in [2.05, 4.69) is 25.9 Å². The van der Waals surface area contributed by atoms with Gasteiger partial charge in [-0.1, -0.05) is 12.1 Å². The van der Waals surface area contributed by atoms with Crippen LogP contribution in [0.1, 0.15) is 111 Å². The highest BCUT2D eigenvalue weighted by Gasteiger charge is 2.31. The summed E-state index contributed by atoms with van der Waals surface area (Å²) in [6.07, 6.45) is 17.1. The third kappa shape index (κ3) is 15.0. The van der Waals surface area contributed by atoms with Crippen LogP contribution in [0.3, 0.4) is 0 Å². The van der Waals surface area contributed by atoms with E-state index < -0.39 is 23.4 Å². The minimum Gasteiger partial charge on any atom is -0.438 e. The Morgan fingerprint density at radius 3 is 1.68 bits per heavy atom. The number of amides is 4. The van der Waals surface area contributed by atoms with Gasteiger partial charge in [-0.3, -0.25) is 19.2 Å². The highest BCUT2D eigenvalue weighted by molar-refractivity contribution is 7.98. The third-order valence-electron chi connectivity index (χ3n) is 11.7. The number of piperidine rings is 1. The van der Waals surface area contributed by atoms with Gasteiger partial charge < -0.3 is 30.3 Å². The van der Waals surface area contributed by atoms with E-state index in [1.54, 1.807) is 35.7 Å². The Hall–Kier alpha value is -4.93. The van der Waals surface area contributed by atoms with Crippen LogP contribution in [0.4, 0.5) is 8.78 Å². The van der Waals surface area contributed by atoms with Crippen LogP contribution in [0.25, 0.3) is 0 Å². The Kier molecular flexibility index (Phi) is 19.1. The molecular weight excluding hydrogens is 894 g/mol. The first-order valence-corrected chi connectivity index (χ1v) is 25.2.